The molecule has 6 heteroatoms. The van der Waals surface area contributed by atoms with E-state index in [9.17, 15) is 9.18 Å². The lowest BCUT2D eigenvalue weighted by Crippen LogP contribution is -2.20. The number of amides is 1. The van der Waals surface area contributed by atoms with Crippen molar-refractivity contribution >= 4 is 11.6 Å². The van der Waals surface area contributed by atoms with E-state index in [0.717, 1.165) is 17.0 Å². The van der Waals surface area contributed by atoms with Crippen LogP contribution in [0.25, 0.3) is 0 Å². The van der Waals surface area contributed by atoms with Gasteiger partial charge in [-0.3, -0.25) is 9.48 Å². The molecule has 0 unspecified atom stereocenters. The Kier molecular flexibility index (Phi) is 4.14. The van der Waals surface area contributed by atoms with Crippen LogP contribution in [0, 0.1) is 19.7 Å². The van der Waals surface area contributed by atoms with E-state index in [2.05, 4.69) is 10.4 Å². The zero-order valence-corrected chi connectivity index (χ0v) is 11.5. The largest absolute Gasteiger partial charge is 0.326 e. The highest BCUT2D eigenvalue weighted by atomic mass is 19.1. The molecule has 0 fully saturated rings. The van der Waals surface area contributed by atoms with Crippen LogP contribution < -0.4 is 11.1 Å². The Morgan fingerprint density at radius 3 is 2.55 bits per heavy atom. The predicted octanol–water partition coefficient (Wildman–Crippen LogP) is 1.74. The molecule has 3 N–H and O–H groups in total. The van der Waals surface area contributed by atoms with E-state index in [4.69, 9.17) is 5.73 Å². The fourth-order valence-corrected chi connectivity index (χ4v) is 2.05. The van der Waals surface area contributed by atoms with Gasteiger partial charge in [0.25, 0.3) is 0 Å². The highest BCUT2D eigenvalue weighted by Gasteiger charge is 2.12. The van der Waals surface area contributed by atoms with Gasteiger partial charge in [0.15, 0.2) is 0 Å². The zero-order valence-electron chi connectivity index (χ0n) is 11.5. The molecule has 2 aromatic rings. The summed E-state index contributed by atoms with van der Waals surface area (Å²) in [5.74, 6) is -0.556. The summed E-state index contributed by atoms with van der Waals surface area (Å²) in [6.45, 7) is 4.25. The van der Waals surface area contributed by atoms with Crippen LogP contribution in [0.4, 0.5) is 10.1 Å². The van der Waals surface area contributed by atoms with Gasteiger partial charge in [-0.25, -0.2) is 4.39 Å². The number of rotatable bonds is 4. The van der Waals surface area contributed by atoms with Gasteiger partial charge in [0.2, 0.25) is 5.91 Å². The van der Waals surface area contributed by atoms with Crippen molar-refractivity contribution in [3.05, 3.63) is 47.0 Å². The minimum absolute atomic E-state index is 0.101. The van der Waals surface area contributed by atoms with Crippen molar-refractivity contribution in [2.24, 2.45) is 5.73 Å². The number of aromatic nitrogens is 2. The van der Waals surface area contributed by atoms with Crippen LogP contribution in [-0.4, -0.2) is 15.7 Å². The quantitative estimate of drug-likeness (QED) is 0.893. The van der Waals surface area contributed by atoms with E-state index in [1.165, 1.54) is 24.3 Å². The summed E-state index contributed by atoms with van der Waals surface area (Å²) in [5, 5.41) is 6.99. The molecule has 0 saturated carbocycles. The molecule has 0 radical (unpaired) electrons. The summed E-state index contributed by atoms with van der Waals surface area (Å²) < 4.78 is 14.4. The zero-order chi connectivity index (χ0) is 14.7. The van der Waals surface area contributed by atoms with E-state index in [0.29, 0.717) is 12.2 Å². The molecule has 0 saturated heterocycles. The van der Waals surface area contributed by atoms with Crippen LogP contribution in [0.2, 0.25) is 0 Å². The summed E-state index contributed by atoms with van der Waals surface area (Å²) >= 11 is 0. The summed E-state index contributed by atoms with van der Waals surface area (Å²) in [5.41, 5.74) is 8.88. The Bertz CT molecular complexity index is 619. The van der Waals surface area contributed by atoms with Gasteiger partial charge in [-0.1, -0.05) is 0 Å². The summed E-state index contributed by atoms with van der Waals surface area (Å²) in [6.07, 6.45) is 0. The Morgan fingerprint density at radius 1 is 1.35 bits per heavy atom. The fourth-order valence-electron chi connectivity index (χ4n) is 2.05. The van der Waals surface area contributed by atoms with Gasteiger partial charge in [0, 0.05) is 23.5 Å². The SMILES string of the molecule is Cc1nn(CC(=O)Nc2ccc(F)cc2)c(C)c1CN. The molecule has 20 heavy (non-hydrogen) atoms. The fraction of sp³-hybridized carbons (Fsp3) is 0.286. The van der Waals surface area contributed by atoms with Gasteiger partial charge < -0.3 is 11.1 Å². The second kappa shape index (κ2) is 5.83. The molecule has 5 nitrogen and oxygen atoms in total. The van der Waals surface area contributed by atoms with E-state index in [-0.39, 0.29) is 18.3 Å². The number of nitrogens with two attached hydrogens (primary N) is 1. The lowest BCUT2D eigenvalue weighted by Gasteiger charge is -2.07. The first kappa shape index (κ1) is 14.2. The van der Waals surface area contributed by atoms with Crippen molar-refractivity contribution in [1.29, 1.82) is 0 Å². The Hall–Kier alpha value is -2.21. The van der Waals surface area contributed by atoms with Crippen LogP contribution in [-0.2, 0) is 17.9 Å². The predicted molar refractivity (Wildman–Crippen MR) is 74.6 cm³/mol. The Balaban J connectivity index is 2.06. The van der Waals surface area contributed by atoms with Crippen LogP contribution in [0.3, 0.4) is 0 Å². The number of anilines is 1. The van der Waals surface area contributed by atoms with E-state index >= 15 is 0 Å². The first-order valence-electron chi connectivity index (χ1n) is 6.29. The third kappa shape index (κ3) is 3.03. The van der Waals surface area contributed by atoms with Crippen molar-refractivity contribution in [1.82, 2.24) is 9.78 Å². The van der Waals surface area contributed by atoms with E-state index < -0.39 is 0 Å². The molecular weight excluding hydrogens is 259 g/mol. The number of carbonyl (C=O) groups is 1. The van der Waals surface area contributed by atoms with Gasteiger partial charge in [0.1, 0.15) is 12.4 Å². The molecule has 1 aromatic carbocycles. The number of carbonyl (C=O) groups excluding carboxylic acids is 1. The van der Waals surface area contributed by atoms with Crippen molar-refractivity contribution in [2.75, 3.05) is 5.32 Å². The average molecular weight is 276 g/mol. The molecule has 0 aliphatic carbocycles. The normalized spacial score (nSPS) is 10.6. The van der Waals surface area contributed by atoms with Crippen molar-refractivity contribution in [2.45, 2.75) is 26.9 Å². The van der Waals surface area contributed by atoms with Crippen LogP contribution >= 0.6 is 0 Å². The molecule has 2 rings (SSSR count). The van der Waals surface area contributed by atoms with Gasteiger partial charge >= 0.3 is 0 Å². The maximum Gasteiger partial charge on any atom is 0.246 e. The smallest absolute Gasteiger partial charge is 0.246 e. The monoisotopic (exact) mass is 276 g/mol. The second-order valence-corrected chi connectivity index (χ2v) is 4.57. The third-order valence-electron chi connectivity index (χ3n) is 3.16. The van der Waals surface area contributed by atoms with Crippen molar-refractivity contribution in [3.8, 4) is 0 Å². The molecule has 0 bridgehead atoms. The molecule has 106 valence electrons. The number of aryl methyl sites for hydroxylation is 1. The minimum atomic E-state index is -0.339. The minimum Gasteiger partial charge on any atom is -0.326 e. The standard InChI is InChI=1S/C14H17FN4O/c1-9-13(7-16)10(2)19(18-9)8-14(20)17-12-5-3-11(15)4-6-12/h3-6H,7-8,16H2,1-2H3,(H,17,20). The molecule has 1 amide bonds. The summed E-state index contributed by atoms with van der Waals surface area (Å²) in [6, 6.07) is 5.62. The van der Waals surface area contributed by atoms with Gasteiger partial charge in [-0.2, -0.15) is 5.10 Å². The maximum atomic E-state index is 12.8. The Morgan fingerprint density at radius 2 is 2.00 bits per heavy atom. The lowest BCUT2D eigenvalue weighted by molar-refractivity contribution is -0.116. The van der Waals surface area contributed by atoms with Crippen molar-refractivity contribution < 1.29 is 9.18 Å². The average Bonchev–Trinajstić information content (AvgIpc) is 2.67. The number of halogens is 1. The molecule has 1 heterocycles. The van der Waals surface area contributed by atoms with Crippen LogP contribution in [0.5, 0.6) is 0 Å². The maximum absolute atomic E-state index is 12.8. The van der Waals surface area contributed by atoms with Crippen LogP contribution in [0.15, 0.2) is 24.3 Å². The molecule has 1 aromatic heterocycles. The first-order chi connectivity index (χ1) is 9.51. The number of hydrogen-bond donors (Lipinski definition) is 2. The van der Waals surface area contributed by atoms with E-state index in [1.807, 2.05) is 13.8 Å². The lowest BCUT2D eigenvalue weighted by atomic mass is 10.2. The Labute approximate surface area is 116 Å². The van der Waals surface area contributed by atoms with Gasteiger partial charge in [-0.15, -0.1) is 0 Å². The number of nitrogens with one attached hydrogen (secondary N) is 1. The third-order valence-corrected chi connectivity index (χ3v) is 3.16. The molecular formula is C14H17FN4O. The van der Waals surface area contributed by atoms with E-state index in [1.54, 1.807) is 4.68 Å². The van der Waals surface area contributed by atoms with Gasteiger partial charge in [0.05, 0.1) is 5.69 Å². The van der Waals surface area contributed by atoms with Gasteiger partial charge in [-0.05, 0) is 38.1 Å². The van der Waals surface area contributed by atoms with Crippen LogP contribution in [0.1, 0.15) is 17.0 Å². The second-order valence-electron chi connectivity index (χ2n) is 4.57. The number of nitrogens with zero attached hydrogens (tertiary/aromatic N) is 2. The highest BCUT2D eigenvalue weighted by Crippen LogP contribution is 2.13. The van der Waals surface area contributed by atoms with Crippen molar-refractivity contribution in [3.63, 3.8) is 0 Å². The molecule has 0 aliphatic heterocycles. The summed E-state index contributed by atoms with van der Waals surface area (Å²) in [7, 11) is 0. The molecule has 0 spiro atoms. The summed E-state index contributed by atoms with van der Waals surface area (Å²) in [4.78, 5) is 11.9. The molecule has 0 aliphatic rings. The first-order valence-corrected chi connectivity index (χ1v) is 6.29. The number of hydrogen-bond acceptors (Lipinski definition) is 3. The highest BCUT2D eigenvalue weighted by molar-refractivity contribution is 5.90. The number of benzene rings is 1. The molecule has 0 atom stereocenters. The topological polar surface area (TPSA) is 72.9 Å².